The fourth-order valence-electron chi connectivity index (χ4n) is 3.40. The van der Waals surface area contributed by atoms with Crippen LogP contribution in [0.5, 0.6) is 0 Å². The van der Waals surface area contributed by atoms with Crippen molar-refractivity contribution in [1.29, 1.82) is 0 Å². The van der Waals surface area contributed by atoms with E-state index in [0.29, 0.717) is 23.0 Å². The summed E-state index contributed by atoms with van der Waals surface area (Å²) in [6.07, 6.45) is 11.8. The summed E-state index contributed by atoms with van der Waals surface area (Å²) < 4.78 is 0. The summed E-state index contributed by atoms with van der Waals surface area (Å²) in [6, 6.07) is 3.98. The lowest BCUT2D eigenvalue weighted by molar-refractivity contribution is 0.561. The van der Waals surface area contributed by atoms with Gasteiger partial charge in [-0.1, -0.05) is 38.5 Å². The summed E-state index contributed by atoms with van der Waals surface area (Å²) in [5.41, 5.74) is 3.99. The van der Waals surface area contributed by atoms with Gasteiger partial charge in [-0.25, -0.2) is 19.9 Å². The smallest absolute Gasteiger partial charge is 0.128 e. The average Bonchev–Trinajstić information content (AvgIpc) is 2.79. The van der Waals surface area contributed by atoms with E-state index in [0.717, 1.165) is 60.1 Å². The number of aromatic nitrogens is 4. The first-order chi connectivity index (χ1) is 14.7. The predicted octanol–water partition coefficient (Wildman–Crippen LogP) is 5.89. The Labute approximate surface area is 203 Å². The van der Waals surface area contributed by atoms with E-state index in [1.165, 1.54) is 38.5 Å². The van der Waals surface area contributed by atoms with Crippen molar-refractivity contribution < 1.29 is 0 Å². The number of hydrogen-bond donors (Lipinski definition) is 4. The van der Waals surface area contributed by atoms with Gasteiger partial charge in [-0.3, -0.25) is 0 Å². The lowest BCUT2D eigenvalue weighted by Crippen LogP contribution is -2.02. The number of aryl methyl sites for hydroxylation is 2. The van der Waals surface area contributed by atoms with Gasteiger partial charge in [0.1, 0.15) is 11.6 Å². The standard InChI is InChI=1S/C22H34N4S4/c27-13-17-11-18(14-28)24-21(23-17)9-7-5-3-1-2-4-6-8-10-22-25-19(15-29)12-20(16-30)26-22/h11-12,27-30H,1-10,13-16H2. The van der Waals surface area contributed by atoms with Crippen molar-refractivity contribution in [3.05, 3.63) is 46.6 Å². The van der Waals surface area contributed by atoms with Crippen LogP contribution < -0.4 is 0 Å². The van der Waals surface area contributed by atoms with Gasteiger partial charge in [-0.15, -0.1) is 0 Å². The molecule has 30 heavy (non-hydrogen) atoms. The van der Waals surface area contributed by atoms with Gasteiger partial charge in [-0.2, -0.15) is 50.5 Å². The van der Waals surface area contributed by atoms with Crippen molar-refractivity contribution in [3.63, 3.8) is 0 Å². The van der Waals surface area contributed by atoms with Crippen LogP contribution in [0.25, 0.3) is 0 Å². The summed E-state index contributed by atoms with van der Waals surface area (Å²) in [5, 5.41) is 0. The van der Waals surface area contributed by atoms with Gasteiger partial charge in [-0.05, 0) is 25.0 Å². The van der Waals surface area contributed by atoms with Gasteiger partial charge in [0.2, 0.25) is 0 Å². The van der Waals surface area contributed by atoms with Crippen molar-refractivity contribution in [3.8, 4) is 0 Å². The van der Waals surface area contributed by atoms with E-state index < -0.39 is 0 Å². The molecule has 2 heterocycles. The summed E-state index contributed by atoms with van der Waals surface area (Å²) >= 11 is 17.3. The molecule has 0 aromatic carbocycles. The van der Waals surface area contributed by atoms with Gasteiger partial charge in [0.25, 0.3) is 0 Å². The fourth-order valence-corrected chi connectivity index (χ4v) is 4.05. The summed E-state index contributed by atoms with van der Waals surface area (Å²) in [5.74, 6) is 4.49. The minimum Gasteiger partial charge on any atom is -0.237 e. The molecular weight excluding hydrogens is 449 g/mol. The molecule has 166 valence electrons. The first kappa shape index (κ1) is 25.8. The van der Waals surface area contributed by atoms with Crippen molar-refractivity contribution >= 4 is 50.5 Å². The number of nitrogens with zero attached hydrogens (tertiary/aromatic N) is 4. The molecule has 0 aliphatic heterocycles. The van der Waals surface area contributed by atoms with Crippen molar-refractivity contribution in [2.75, 3.05) is 0 Å². The molecule has 0 bridgehead atoms. The summed E-state index contributed by atoms with van der Waals surface area (Å²) in [7, 11) is 0. The maximum Gasteiger partial charge on any atom is 0.128 e. The molecule has 0 amide bonds. The van der Waals surface area contributed by atoms with Gasteiger partial charge in [0, 0.05) is 35.9 Å². The van der Waals surface area contributed by atoms with E-state index in [2.05, 4.69) is 70.5 Å². The SMILES string of the molecule is SCc1cc(CS)nc(CCCCCCCCCCc2nc(CS)cc(CS)n2)n1. The Morgan fingerprint density at radius 2 is 0.700 bits per heavy atom. The first-order valence-electron chi connectivity index (χ1n) is 10.8. The fraction of sp³-hybridized carbons (Fsp3) is 0.636. The van der Waals surface area contributed by atoms with Crippen LogP contribution in [0.15, 0.2) is 12.1 Å². The molecule has 2 aromatic rings. The van der Waals surface area contributed by atoms with Crippen LogP contribution in [0, 0.1) is 0 Å². The molecule has 0 radical (unpaired) electrons. The third kappa shape index (κ3) is 9.79. The Morgan fingerprint density at radius 1 is 0.433 bits per heavy atom. The largest absolute Gasteiger partial charge is 0.237 e. The lowest BCUT2D eigenvalue weighted by atomic mass is 10.1. The highest BCUT2D eigenvalue weighted by atomic mass is 32.1. The highest BCUT2D eigenvalue weighted by Gasteiger charge is 2.05. The molecule has 2 aromatic heterocycles. The minimum atomic E-state index is 0.652. The van der Waals surface area contributed by atoms with Crippen molar-refractivity contribution in [2.24, 2.45) is 0 Å². The molecule has 0 saturated heterocycles. The second-order valence-electron chi connectivity index (χ2n) is 7.49. The zero-order chi connectivity index (χ0) is 21.6. The molecular formula is C22H34N4S4. The maximum absolute atomic E-state index is 4.57. The van der Waals surface area contributed by atoms with Crippen molar-refractivity contribution in [1.82, 2.24) is 19.9 Å². The average molecular weight is 483 g/mol. The number of rotatable bonds is 15. The van der Waals surface area contributed by atoms with Crippen LogP contribution in [-0.4, -0.2) is 19.9 Å². The summed E-state index contributed by atoms with van der Waals surface area (Å²) in [4.78, 5) is 18.3. The second-order valence-corrected chi connectivity index (χ2v) is 8.76. The van der Waals surface area contributed by atoms with E-state index in [1.807, 2.05) is 12.1 Å². The molecule has 2 rings (SSSR count). The Hall–Kier alpha value is -0.440. The monoisotopic (exact) mass is 482 g/mol. The highest BCUT2D eigenvalue weighted by Crippen LogP contribution is 2.14. The molecule has 0 spiro atoms. The molecule has 4 nitrogen and oxygen atoms in total. The quantitative estimate of drug-likeness (QED) is 0.189. The molecule has 0 N–H and O–H groups in total. The zero-order valence-corrected chi connectivity index (χ0v) is 21.2. The van der Waals surface area contributed by atoms with Gasteiger partial charge >= 0.3 is 0 Å². The highest BCUT2D eigenvalue weighted by molar-refractivity contribution is 7.79. The van der Waals surface area contributed by atoms with Crippen LogP contribution in [-0.2, 0) is 35.9 Å². The van der Waals surface area contributed by atoms with E-state index >= 15 is 0 Å². The normalized spacial score (nSPS) is 11.2. The predicted molar refractivity (Wildman–Crippen MR) is 139 cm³/mol. The topological polar surface area (TPSA) is 51.6 Å². The molecule has 0 saturated carbocycles. The van der Waals surface area contributed by atoms with E-state index in [9.17, 15) is 0 Å². The summed E-state index contributed by atoms with van der Waals surface area (Å²) in [6.45, 7) is 0. The van der Waals surface area contributed by atoms with Crippen molar-refractivity contribution in [2.45, 2.75) is 87.2 Å². The van der Waals surface area contributed by atoms with E-state index in [4.69, 9.17) is 0 Å². The molecule has 8 heteroatoms. The Kier molecular flexibility index (Phi) is 13.2. The molecule has 0 aliphatic carbocycles. The van der Waals surface area contributed by atoms with Crippen LogP contribution in [0.4, 0.5) is 0 Å². The molecule has 0 unspecified atom stereocenters. The Balaban J connectivity index is 1.54. The van der Waals surface area contributed by atoms with Gasteiger partial charge in [0.15, 0.2) is 0 Å². The number of unbranched alkanes of at least 4 members (excludes halogenated alkanes) is 7. The van der Waals surface area contributed by atoms with Crippen LogP contribution in [0.3, 0.4) is 0 Å². The van der Waals surface area contributed by atoms with Gasteiger partial charge in [0.05, 0.1) is 22.8 Å². The maximum atomic E-state index is 4.57. The lowest BCUT2D eigenvalue weighted by Gasteiger charge is -2.06. The molecule has 0 aliphatic rings. The Morgan fingerprint density at radius 3 is 0.967 bits per heavy atom. The molecule has 0 fully saturated rings. The number of hydrogen-bond acceptors (Lipinski definition) is 8. The van der Waals surface area contributed by atoms with Gasteiger partial charge < -0.3 is 0 Å². The third-order valence-electron chi connectivity index (χ3n) is 4.96. The Bertz CT molecular complexity index is 650. The van der Waals surface area contributed by atoms with Crippen LogP contribution in [0.1, 0.15) is 85.8 Å². The first-order valence-corrected chi connectivity index (χ1v) is 13.4. The third-order valence-corrected chi connectivity index (χ3v) is 6.25. The van der Waals surface area contributed by atoms with E-state index in [1.54, 1.807) is 0 Å². The second kappa shape index (κ2) is 15.4. The number of thiol groups is 4. The molecule has 0 atom stereocenters. The van der Waals surface area contributed by atoms with Crippen LogP contribution >= 0.6 is 50.5 Å². The van der Waals surface area contributed by atoms with Crippen LogP contribution in [0.2, 0.25) is 0 Å². The minimum absolute atomic E-state index is 0.652. The van der Waals surface area contributed by atoms with E-state index in [-0.39, 0.29) is 0 Å². The zero-order valence-electron chi connectivity index (χ0n) is 17.6.